The van der Waals surface area contributed by atoms with Gasteiger partial charge in [0, 0.05) is 12.2 Å². The third-order valence-corrected chi connectivity index (χ3v) is 4.53. The molecule has 2 nitrogen and oxygen atoms in total. The Morgan fingerprint density at radius 1 is 0.857 bits per heavy atom. The van der Waals surface area contributed by atoms with Crippen LogP contribution < -0.4 is 4.74 Å². The van der Waals surface area contributed by atoms with Crippen LogP contribution in [0.5, 0.6) is 5.75 Å². The Hall–Kier alpha value is -3.08. The van der Waals surface area contributed by atoms with E-state index in [0.717, 1.165) is 28.5 Å². The molecule has 0 fully saturated rings. The molecule has 0 bridgehead atoms. The van der Waals surface area contributed by atoms with E-state index in [0.29, 0.717) is 11.3 Å². The Morgan fingerprint density at radius 2 is 1.50 bits per heavy atom. The molecule has 0 N–H and O–H groups in total. The number of hydrogen-bond acceptors (Lipinski definition) is 1. The molecular weight excluding hydrogens is 363 g/mol. The SMILES string of the molecule is COc1ccc(C(=C2C=CC(=[N+](C)C)C=C2)c2cccc(C(F)(F)F)c2)cc1. The van der Waals surface area contributed by atoms with Gasteiger partial charge in [-0.3, -0.25) is 0 Å². The van der Waals surface area contributed by atoms with E-state index in [2.05, 4.69) is 0 Å². The quantitative estimate of drug-likeness (QED) is 0.650. The van der Waals surface area contributed by atoms with E-state index in [1.54, 1.807) is 25.3 Å². The lowest BCUT2D eigenvalue weighted by Gasteiger charge is -2.16. The fourth-order valence-electron chi connectivity index (χ4n) is 3.03. The van der Waals surface area contributed by atoms with Crippen LogP contribution in [0.2, 0.25) is 0 Å². The van der Waals surface area contributed by atoms with Gasteiger partial charge in [0.1, 0.15) is 19.8 Å². The van der Waals surface area contributed by atoms with Crippen LogP contribution in [0, 0.1) is 0 Å². The zero-order valence-corrected chi connectivity index (χ0v) is 15.9. The highest BCUT2D eigenvalue weighted by Crippen LogP contribution is 2.35. The standard InChI is InChI=1S/C23H21F3NO/c1-27(2)20-11-7-16(8-12-20)22(17-9-13-21(28-3)14-10-17)18-5-4-6-19(15-18)23(24,25)26/h4-15H,1-3H3/q+1. The van der Waals surface area contributed by atoms with Crippen LogP contribution in [0.1, 0.15) is 16.7 Å². The first-order valence-electron chi connectivity index (χ1n) is 8.76. The number of alkyl halides is 3. The number of hydrogen-bond donors (Lipinski definition) is 0. The first kappa shape index (κ1) is 19.7. The van der Waals surface area contributed by atoms with Gasteiger partial charge in [0.2, 0.25) is 0 Å². The fraction of sp³-hybridized carbons (Fsp3) is 0.174. The molecule has 3 rings (SSSR count). The van der Waals surface area contributed by atoms with Crippen molar-refractivity contribution in [1.82, 2.24) is 0 Å². The topological polar surface area (TPSA) is 12.2 Å². The molecule has 144 valence electrons. The van der Waals surface area contributed by atoms with Gasteiger partial charge in [0.05, 0.1) is 12.7 Å². The van der Waals surface area contributed by atoms with Crippen molar-refractivity contribution >= 4 is 11.3 Å². The number of allylic oxidation sites excluding steroid dienone is 5. The minimum atomic E-state index is -4.39. The van der Waals surface area contributed by atoms with Gasteiger partial charge in [-0.1, -0.05) is 24.3 Å². The Balaban J connectivity index is 2.19. The zero-order valence-electron chi connectivity index (χ0n) is 15.9. The lowest BCUT2D eigenvalue weighted by Crippen LogP contribution is -2.10. The van der Waals surface area contributed by atoms with Gasteiger partial charge in [0.15, 0.2) is 5.71 Å². The second-order valence-corrected chi connectivity index (χ2v) is 6.62. The molecule has 0 saturated carbocycles. The Bertz CT molecular complexity index is 971. The molecule has 28 heavy (non-hydrogen) atoms. The number of methoxy groups -OCH3 is 1. The number of benzene rings is 2. The zero-order chi connectivity index (χ0) is 20.3. The summed E-state index contributed by atoms with van der Waals surface area (Å²) in [6, 6.07) is 12.7. The van der Waals surface area contributed by atoms with Crippen molar-refractivity contribution in [1.29, 1.82) is 0 Å². The molecule has 1 aliphatic carbocycles. The number of nitrogens with zero attached hydrogens (tertiary/aromatic N) is 1. The third kappa shape index (κ3) is 4.25. The highest BCUT2D eigenvalue weighted by atomic mass is 19.4. The Morgan fingerprint density at radius 3 is 2.04 bits per heavy atom. The third-order valence-electron chi connectivity index (χ3n) is 4.53. The molecule has 2 aromatic rings. The molecule has 1 aliphatic rings. The summed E-state index contributed by atoms with van der Waals surface area (Å²) in [6.07, 6.45) is 3.36. The summed E-state index contributed by atoms with van der Waals surface area (Å²) in [5.74, 6) is 0.690. The molecule has 0 atom stereocenters. The van der Waals surface area contributed by atoms with Gasteiger partial charge in [-0.15, -0.1) is 0 Å². The van der Waals surface area contributed by atoms with E-state index in [1.807, 2.05) is 55.1 Å². The molecule has 0 amide bonds. The van der Waals surface area contributed by atoms with Crippen LogP contribution in [0.3, 0.4) is 0 Å². The van der Waals surface area contributed by atoms with Crippen LogP contribution in [-0.4, -0.2) is 31.5 Å². The summed E-state index contributed by atoms with van der Waals surface area (Å²) < 4.78 is 46.9. The molecule has 5 heteroatoms. The Kier molecular flexibility index (Phi) is 5.54. The predicted molar refractivity (Wildman–Crippen MR) is 106 cm³/mol. The van der Waals surface area contributed by atoms with Crippen LogP contribution in [0.25, 0.3) is 5.57 Å². The van der Waals surface area contributed by atoms with Gasteiger partial charge in [-0.25, -0.2) is 4.58 Å². The minimum absolute atomic E-state index is 0.512. The van der Waals surface area contributed by atoms with Gasteiger partial charge in [-0.2, -0.15) is 13.2 Å². The molecule has 0 radical (unpaired) electrons. The van der Waals surface area contributed by atoms with E-state index in [-0.39, 0.29) is 0 Å². The smallest absolute Gasteiger partial charge is 0.416 e. The Labute approximate surface area is 162 Å². The maximum absolute atomic E-state index is 13.2. The largest absolute Gasteiger partial charge is 0.497 e. The van der Waals surface area contributed by atoms with Crippen LogP contribution in [0.4, 0.5) is 13.2 Å². The molecule has 0 heterocycles. The van der Waals surface area contributed by atoms with Gasteiger partial charge in [-0.05, 0) is 58.7 Å². The first-order valence-corrected chi connectivity index (χ1v) is 8.76. The summed E-state index contributed by atoms with van der Waals surface area (Å²) in [6.45, 7) is 0. The second-order valence-electron chi connectivity index (χ2n) is 6.62. The van der Waals surface area contributed by atoms with Crippen molar-refractivity contribution in [2.75, 3.05) is 21.2 Å². The van der Waals surface area contributed by atoms with Crippen molar-refractivity contribution in [3.63, 3.8) is 0 Å². The first-order chi connectivity index (χ1) is 13.3. The van der Waals surface area contributed by atoms with E-state index in [9.17, 15) is 13.2 Å². The number of ether oxygens (including phenoxy) is 1. The maximum atomic E-state index is 13.2. The van der Waals surface area contributed by atoms with Crippen LogP contribution in [-0.2, 0) is 6.18 Å². The van der Waals surface area contributed by atoms with E-state index in [4.69, 9.17) is 4.74 Å². The van der Waals surface area contributed by atoms with Gasteiger partial charge < -0.3 is 4.74 Å². The van der Waals surface area contributed by atoms with Crippen molar-refractivity contribution in [2.24, 2.45) is 0 Å². The predicted octanol–water partition coefficient (Wildman–Crippen LogP) is 5.36. The summed E-state index contributed by atoms with van der Waals surface area (Å²) in [7, 11) is 5.46. The molecule has 0 aliphatic heterocycles. The van der Waals surface area contributed by atoms with Crippen molar-refractivity contribution < 1.29 is 22.5 Å². The molecule has 0 saturated heterocycles. The normalized spacial score (nSPS) is 13.6. The van der Waals surface area contributed by atoms with Gasteiger partial charge in [0.25, 0.3) is 0 Å². The monoisotopic (exact) mass is 384 g/mol. The summed E-state index contributed by atoms with van der Waals surface area (Å²) in [5.41, 5.74) is 3.26. The van der Waals surface area contributed by atoms with Crippen LogP contribution in [0.15, 0.2) is 78.4 Å². The van der Waals surface area contributed by atoms with Gasteiger partial charge >= 0.3 is 6.18 Å². The molecular formula is C23H21F3NO+. The maximum Gasteiger partial charge on any atom is 0.416 e. The highest BCUT2D eigenvalue weighted by Gasteiger charge is 2.30. The van der Waals surface area contributed by atoms with E-state index in [1.165, 1.54) is 12.1 Å². The van der Waals surface area contributed by atoms with Crippen molar-refractivity contribution in [3.8, 4) is 5.75 Å². The molecule has 0 spiro atoms. The highest BCUT2D eigenvalue weighted by molar-refractivity contribution is 6.03. The average Bonchev–Trinajstić information content (AvgIpc) is 2.69. The second kappa shape index (κ2) is 7.89. The van der Waals surface area contributed by atoms with E-state index < -0.39 is 11.7 Å². The molecule has 0 unspecified atom stereocenters. The van der Waals surface area contributed by atoms with Crippen LogP contribution >= 0.6 is 0 Å². The molecule has 0 aromatic heterocycles. The lowest BCUT2D eigenvalue weighted by atomic mass is 9.90. The summed E-state index contributed by atoms with van der Waals surface area (Å²) >= 11 is 0. The molecule has 2 aromatic carbocycles. The number of halogens is 3. The minimum Gasteiger partial charge on any atom is -0.497 e. The van der Waals surface area contributed by atoms with E-state index >= 15 is 0 Å². The average molecular weight is 384 g/mol. The van der Waals surface area contributed by atoms with Crippen molar-refractivity contribution in [3.05, 3.63) is 95.1 Å². The fourth-order valence-corrected chi connectivity index (χ4v) is 3.03. The number of rotatable bonds is 3. The summed E-state index contributed by atoms with van der Waals surface area (Å²) in [4.78, 5) is 0. The summed E-state index contributed by atoms with van der Waals surface area (Å²) in [5, 5.41) is 0. The van der Waals surface area contributed by atoms with Crippen molar-refractivity contribution in [2.45, 2.75) is 6.18 Å². The lowest BCUT2D eigenvalue weighted by molar-refractivity contribution is -0.462.